The van der Waals surface area contributed by atoms with Crippen LogP contribution in [0.15, 0.2) is 73.2 Å². The summed E-state index contributed by atoms with van der Waals surface area (Å²) >= 11 is 0. The summed E-state index contributed by atoms with van der Waals surface area (Å²) in [4.78, 5) is 17.1. The molecule has 140 valence electrons. The fourth-order valence-corrected chi connectivity index (χ4v) is 3.72. The molecule has 1 saturated heterocycles. The fourth-order valence-electron chi connectivity index (χ4n) is 3.72. The summed E-state index contributed by atoms with van der Waals surface area (Å²) in [7, 11) is 0. The first-order valence-corrected chi connectivity index (χ1v) is 9.17. The van der Waals surface area contributed by atoms with Crippen molar-refractivity contribution in [2.45, 2.75) is 6.10 Å². The molecular formula is C22H19N3O3. The van der Waals surface area contributed by atoms with Crippen LogP contribution in [0.2, 0.25) is 0 Å². The molecule has 6 heteroatoms. The van der Waals surface area contributed by atoms with Crippen molar-refractivity contribution in [2.24, 2.45) is 0 Å². The second-order valence-electron chi connectivity index (χ2n) is 6.94. The smallest absolute Gasteiger partial charge is 0.337 e. The summed E-state index contributed by atoms with van der Waals surface area (Å²) in [5.74, 6) is -0.0948. The van der Waals surface area contributed by atoms with E-state index in [9.17, 15) is 9.90 Å². The molecule has 0 bridgehead atoms. The minimum absolute atomic E-state index is 0.0680. The number of para-hydroxylation sites is 1. The first kappa shape index (κ1) is 16.5. The minimum Gasteiger partial charge on any atom is -0.487 e. The Labute approximate surface area is 161 Å². The molecule has 0 saturated carbocycles. The SMILES string of the molecule is O=C(O)c1cccc(N2CC(Oc3ccc4cc[nH]c4c3)C2)c1-n1cccc1. The molecule has 0 atom stereocenters. The Morgan fingerprint density at radius 2 is 1.89 bits per heavy atom. The molecule has 5 rings (SSSR count). The van der Waals surface area contributed by atoms with Crippen LogP contribution in [-0.2, 0) is 0 Å². The van der Waals surface area contributed by atoms with E-state index in [1.807, 2.05) is 65.6 Å². The number of hydrogen-bond donors (Lipinski definition) is 2. The third-order valence-electron chi connectivity index (χ3n) is 5.13. The Morgan fingerprint density at radius 1 is 1.07 bits per heavy atom. The molecule has 0 aliphatic carbocycles. The molecule has 0 amide bonds. The van der Waals surface area contributed by atoms with Gasteiger partial charge in [-0.25, -0.2) is 4.79 Å². The summed E-state index contributed by atoms with van der Waals surface area (Å²) in [6.07, 6.45) is 5.71. The number of rotatable bonds is 5. The van der Waals surface area contributed by atoms with Gasteiger partial charge in [0.1, 0.15) is 11.9 Å². The molecule has 0 spiro atoms. The highest BCUT2D eigenvalue weighted by molar-refractivity contribution is 5.95. The Balaban J connectivity index is 1.37. The van der Waals surface area contributed by atoms with Crippen molar-refractivity contribution in [3.63, 3.8) is 0 Å². The topological polar surface area (TPSA) is 70.5 Å². The van der Waals surface area contributed by atoms with Gasteiger partial charge in [-0.3, -0.25) is 0 Å². The van der Waals surface area contributed by atoms with Crippen molar-refractivity contribution >= 4 is 22.6 Å². The Bertz CT molecular complexity index is 1140. The van der Waals surface area contributed by atoms with Crippen LogP contribution < -0.4 is 9.64 Å². The van der Waals surface area contributed by atoms with E-state index in [4.69, 9.17) is 4.74 Å². The maximum absolute atomic E-state index is 11.7. The summed E-state index contributed by atoms with van der Waals surface area (Å²) in [5.41, 5.74) is 2.93. The van der Waals surface area contributed by atoms with Gasteiger partial charge >= 0.3 is 5.97 Å². The first-order valence-electron chi connectivity index (χ1n) is 9.17. The largest absolute Gasteiger partial charge is 0.487 e. The number of carboxylic acids is 1. The molecule has 1 aliphatic heterocycles. The maximum atomic E-state index is 11.7. The number of nitrogens with zero attached hydrogens (tertiary/aromatic N) is 2. The van der Waals surface area contributed by atoms with Gasteiger partial charge in [0.25, 0.3) is 0 Å². The van der Waals surface area contributed by atoms with E-state index < -0.39 is 5.97 Å². The van der Waals surface area contributed by atoms with Crippen LogP contribution in [0.25, 0.3) is 16.6 Å². The molecule has 2 aromatic heterocycles. The number of aromatic amines is 1. The van der Waals surface area contributed by atoms with E-state index in [0.717, 1.165) is 22.3 Å². The molecule has 0 radical (unpaired) electrons. The van der Waals surface area contributed by atoms with E-state index in [2.05, 4.69) is 9.88 Å². The van der Waals surface area contributed by atoms with Gasteiger partial charge in [0.05, 0.1) is 30.0 Å². The second kappa shape index (κ2) is 6.49. The number of nitrogens with one attached hydrogen (secondary N) is 1. The van der Waals surface area contributed by atoms with Crippen molar-refractivity contribution < 1.29 is 14.6 Å². The number of anilines is 1. The van der Waals surface area contributed by atoms with Crippen LogP contribution in [0.1, 0.15) is 10.4 Å². The number of benzene rings is 2. The molecule has 3 heterocycles. The lowest BCUT2D eigenvalue weighted by atomic mass is 10.1. The van der Waals surface area contributed by atoms with Crippen molar-refractivity contribution in [1.29, 1.82) is 0 Å². The zero-order chi connectivity index (χ0) is 19.1. The normalized spacial score (nSPS) is 14.2. The molecule has 28 heavy (non-hydrogen) atoms. The highest BCUT2D eigenvalue weighted by atomic mass is 16.5. The van der Waals surface area contributed by atoms with Gasteiger partial charge in [-0.15, -0.1) is 0 Å². The monoisotopic (exact) mass is 373 g/mol. The van der Waals surface area contributed by atoms with Crippen LogP contribution in [0.3, 0.4) is 0 Å². The Kier molecular flexibility index (Phi) is 3.83. The zero-order valence-corrected chi connectivity index (χ0v) is 15.1. The molecule has 2 aromatic carbocycles. The van der Waals surface area contributed by atoms with Gasteiger partial charge in [0.15, 0.2) is 0 Å². The van der Waals surface area contributed by atoms with Crippen LogP contribution in [0, 0.1) is 0 Å². The Morgan fingerprint density at radius 3 is 2.68 bits per heavy atom. The van der Waals surface area contributed by atoms with Gasteiger partial charge in [-0.1, -0.05) is 6.07 Å². The number of aromatic nitrogens is 2. The van der Waals surface area contributed by atoms with E-state index in [0.29, 0.717) is 18.8 Å². The van der Waals surface area contributed by atoms with Crippen molar-refractivity contribution in [3.05, 3.63) is 78.8 Å². The average Bonchev–Trinajstić information content (AvgIpc) is 3.35. The van der Waals surface area contributed by atoms with E-state index in [1.54, 1.807) is 12.1 Å². The number of hydrogen-bond acceptors (Lipinski definition) is 3. The van der Waals surface area contributed by atoms with Gasteiger partial charge in [0, 0.05) is 30.2 Å². The lowest BCUT2D eigenvalue weighted by molar-refractivity contribution is 0.0697. The van der Waals surface area contributed by atoms with Crippen molar-refractivity contribution in [1.82, 2.24) is 9.55 Å². The lowest BCUT2D eigenvalue weighted by Crippen LogP contribution is -2.54. The maximum Gasteiger partial charge on any atom is 0.337 e. The number of carbonyl (C=O) groups is 1. The van der Waals surface area contributed by atoms with Crippen molar-refractivity contribution in [2.75, 3.05) is 18.0 Å². The van der Waals surface area contributed by atoms with Gasteiger partial charge in [0.2, 0.25) is 0 Å². The molecule has 4 aromatic rings. The van der Waals surface area contributed by atoms with E-state index in [-0.39, 0.29) is 11.7 Å². The molecule has 2 N–H and O–H groups in total. The van der Waals surface area contributed by atoms with Crippen LogP contribution >= 0.6 is 0 Å². The third-order valence-corrected chi connectivity index (χ3v) is 5.13. The quantitative estimate of drug-likeness (QED) is 0.556. The van der Waals surface area contributed by atoms with Gasteiger partial charge in [-0.2, -0.15) is 0 Å². The highest BCUT2D eigenvalue weighted by Gasteiger charge is 2.31. The fraction of sp³-hybridized carbons (Fsp3) is 0.136. The molecule has 1 fully saturated rings. The number of ether oxygens (including phenoxy) is 1. The summed E-state index contributed by atoms with van der Waals surface area (Å²) < 4.78 is 7.96. The summed E-state index contributed by atoms with van der Waals surface area (Å²) in [6, 6.07) is 17.2. The molecular weight excluding hydrogens is 354 g/mol. The minimum atomic E-state index is -0.932. The van der Waals surface area contributed by atoms with Crippen LogP contribution in [0.4, 0.5) is 5.69 Å². The second-order valence-corrected chi connectivity index (χ2v) is 6.94. The van der Waals surface area contributed by atoms with Crippen molar-refractivity contribution in [3.8, 4) is 11.4 Å². The van der Waals surface area contributed by atoms with Gasteiger partial charge in [-0.05, 0) is 47.9 Å². The van der Waals surface area contributed by atoms with Crippen LogP contribution in [0.5, 0.6) is 5.75 Å². The predicted molar refractivity (Wildman–Crippen MR) is 108 cm³/mol. The van der Waals surface area contributed by atoms with E-state index >= 15 is 0 Å². The molecule has 1 aliphatic rings. The summed E-state index contributed by atoms with van der Waals surface area (Å²) in [5, 5.41) is 10.8. The lowest BCUT2D eigenvalue weighted by Gasteiger charge is -2.41. The number of carboxylic acid groups (broad SMARTS) is 1. The van der Waals surface area contributed by atoms with E-state index in [1.165, 1.54) is 0 Å². The predicted octanol–water partition coefficient (Wildman–Crippen LogP) is 3.92. The molecule has 0 unspecified atom stereocenters. The number of aromatic carboxylic acids is 1. The highest BCUT2D eigenvalue weighted by Crippen LogP contribution is 2.33. The van der Waals surface area contributed by atoms with Gasteiger partial charge < -0.3 is 24.3 Å². The van der Waals surface area contributed by atoms with Crippen LogP contribution in [-0.4, -0.2) is 39.8 Å². The third kappa shape index (κ3) is 2.79. The standard InChI is InChI=1S/C22H19N3O3/c26-22(27)18-4-3-5-20(21(18)24-10-1-2-11-24)25-13-17(14-25)28-16-7-6-15-8-9-23-19(15)12-16/h1-12,17,23H,13-14H2,(H,26,27). The summed E-state index contributed by atoms with van der Waals surface area (Å²) in [6.45, 7) is 1.42. The first-order chi connectivity index (χ1) is 13.7. The Hall–Kier alpha value is -3.67. The number of fused-ring (bicyclic) bond motifs is 1. The molecule has 6 nitrogen and oxygen atoms in total. The zero-order valence-electron chi connectivity index (χ0n) is 15.1. The average molecular weight is 373 g/mol. The number of H-pyrrole nitrogens is 1.